The normalized spacial score (nSPS) is 13.9. The van der Waals surface area contributed by atoms with Gasteiger partial charge in [-0.1, -0.05) is 0 Å². The molecular formula is C18H17N3O5S. The quantitative estimate of drug-likeness (QED) is 0.755. The van der Waals surface area contributed by atoms with Crippen LogP contribution in [-0.4, -0.2) is 23.9 Å². The molecule has 0 unspecified atom stereocenters. The van der Waals surface area contributed by atoms with E-state index in [2.05, 4.69) is 5.32 Å². The van der Waals surface area contributed by atoms with Crippen LogP contribution >= 0.6 is 11.3 Å². The van der Waals surface area contributed by atoms with Crippen LogP contribution in [0, 0.1) is 11.3 Å². The van der Waals surface area contributed by atoms with Gasteiger partial charge in [0, 0.05) is 24.5 Å². The number of carbonyl (C=O) groups excluding carboxylic acids is 1. The molecule has 1 aliphatic heterocycles. The molecule has 1 aliphatic rings. The lowest BCUT2D eigenvalue weighted by Crippen LogP contribution is -2.32. The third kappa shape index (κ3) is 3.66. The minimum absolute atomic E-state index is 0.149. The first-order chi connectivity index (χ1) is 13.1. The zero-order chi connectivity index (χ0) is 19.4. The van der Waals surface area contributed by atoms with Crippen LogP contribution in [0.25, 0.3) is 11.8 Å². The van der Waals surface area contributed by atoms with E-state index in [4.69, 9.17) is 14.2 Å². The number of aromatic nitrogens is 1. The summed E-state index contributed by atoms with van der Waals surface area (Å²) in [6.45, 7) is 4.08. The average Bonchev–Trinajstić information content (AvgIpc) is 3.25. The van der Waals surface area contributed by atoms with E-state index in [1.807, 2.05) is 6.07 Å². The van der Waals surface area contributed by atoms with Crippen molar-refractivity contribution in [1.29, 1.82) is 5.26 Å². The molecule has 2 aromatic rings. The molecule has 8 nitrogen and oxygen atoms in total. The van der Waals surface area contributed by atoms with Crippen molar-refractivity contribution < 1.29 is 19.0 Å². The van der Waals surface area contributed by atoms with E-state index >= 15 is 0 Å². The molecule has 0 aliphatic carbocycles. The number of esters is 1. The van der Waals surface area contributed by atoms with E-state index in [-0.39, 0.29) is 29.2 Å². The van der Waals surface area contributed by atoms with E-state index < -0.39 is 5.97 Å². The van der Waals surface area contributed by atoms with Crippen molar-refractivity contribution in [1.82, 2.24) is 4.57 Å². The number of rotatable bonds is 5. The van der Waals surface area contributed by atoms with E-state index in [1.54, 1.807) is 38.2 Å². The molecule has 0 spiro atoms. The highest BCUT2D eigenvalue weighted by molar-refractivity contribution is 7.07. The molecule has 2 heterocycles. The lowest BCUT2D eigenvalue weighted by atomic mass is 10.3. The van der Waals surface area contributed by atoms with Gasteiger partial charge in [-0.3, -0.25) is 9.36 Å². The summed E-state index contributed by atoms with van der Waals surface area (Å²) >= 11 is 1.06. The van der Waals surface area contributed by atoms with Crippen LogP contribution in [0.3, 0.4) is 0 Å². The van der Waals surface area contributed by atoms with Crippen LogP contribution in [0.5, 0.6) is 11.5 Å². The van der Waals surface area contributed by atoms with Gasteiger partial charge in [0.1, 0.15) is 15.3 Å². The van der Waals surface area contributed by atoms with Crippen molar-refractivity contribution in [2.45, 2.75) is 20.4 Å². The molecule has 0 saturated carbocycles. The second-order valence-electron chi connectivity index (χ2n) is 5.38. The number of ether oxygens (including phenoxy) is 3. The van der Waals surface area contributed by atoms with Gasteiger partial charge in [-0.2, -0.15) is 5.26 Å². The fourth-order valence-corrected chi connectivity index (χ4v) is 3.59. The van der Waals surface area contributed by atoms with Crippen LogP contribution in [0.15, 0.2) is 23.0 Å². The molecule has 0 fully saturated rings. The maximum Gasteiger partial charge on any atom is 0.351 e. The summed E-state index contributed by atoms with van der Waals surface area (Å²) in [4.78, 5) is 24.6. The summed E-state index contributed by atoms with van der Waals surface area (Å²) in [6, 6.07) is 7.17. The number of hydrogen-bond donors (Lipinski definition) is 1. The number of nitriles is 1. The number of carbonyl (C=O) groups is 1. The summed E-state index contributed by atoms with van der Waals surface area (Å²) < 4.78 is 17.5. The molecule has 9 heteroatoms. The first-order valence-corrected chi connectivity index (χ1v) is 9.08. The topological polar surface area (TPSA) is 103 Å². The van der Waals surface area contributed by atoms with E-state index in [0.717, 1.165) is 11.3 Å². The molecule has 1 aromatic heterocycles. The van der Waals surface area contributed by atoms with Gasteiger partial charge < -0.3 is 19.5 Å². The van der Waals surface area contributed by atoms with Crippen molar-refractivity contribution in [3.63, 3.8) is 0 Å². The zero-order valence-electron chi connectivity index (χ0n) is 14.8. The number of nitrogens with one attached hydrogen (secondary N) is 1. The average molecular weight is 387 g/mol. The standard InChI is InChI=1S/C18H17N3O5S/c1-3-21-16(22)15(27-17(21)12(8-19)18(23)24-4-2)9-20-11-5-6-13-14(7-11)26-10-25-13/h5-7,9,20H,3-4,10H2,1-2H3. The Morgan fingerprint density at radius 1 is 1.41 bits per heavy atom. The van der Waals surface area contributed by atoms with Gasteiger partial charge in [0.25, 0.3) is 5.56 Å². The summed E-state index contributed by atoms with van der Waals surface area (Å²) in [7, 11) is 0. The molecule has 0 atom stereocenters. The summed E-state index contributed by atoms with van der Waals surface area (Å²) in [5.74, 6) is 0.544. The molecule has 27 heavy (non-hydrogen) atoms. The van der Waals surface area contributed by atoms with Crippen molar-refractivity contribution >= 4 is 34.8 Å². The zero-order valence-corrected chi connectivity index (χ0v) is 15.6. The van der Waals surface area contributed by atoms with E-state index in [1.165, 1.54) is 4.57 Å². The van der Waals surface area contributed by atoms with Gasteiger partial charge in [0.15, 0.2) is 17.1 Å². The van der Waals surface area contributed by atoms with Crippen molar-refractivity contribution in [3.05, 3.63) is 37.7 Å². The molecule has 3 rings (SSSR count). The molecule has 1 N–H and O–H groups in total. The van der Waals surface area contributed by atoms with Gasteiger partial charge in [-0.05, 0) is 26.0 Å². The van der Waals surface area contributed by atoms with Gasteiger partial charge in [0.05, 0.1) is 6.61 Å². The fraction of sp³-hybridized carbons (Fsp3) is 0.278. The van der Waals surface area contributed by atoms with Gasteiger partial charge >= 0.3 is 5.97 Å². The number of benzene rings is 1. The maximum atomic E-state index is 12.6. The van der Waals surface area contributed by atoms with Crippen LogP contribution in [0.4, 0.5) is 5.69 Å². The minimum Gasteiger partial charge on any atom is -0.462 e. The first kappa shape index (κ1) is 18.5. The molecule has 0 amide bonds. The van der Waals surface area contributed by atoms with Crippen LogP contribution < -0.4 is 29.5 Å². The molecule has 140 valence electrons. The smallest absolute Gasteiger partial charge is 0.351 e. The van der Waals surface area contributed by atoms with Crippen molar-refractivity contribution in [2.75, 3.05) is 18.7 Å². The Kier molecular flexibility index (Phi) is 5.47. The Hall–Kier alpha value is -3.25. The summed E-state index contributed by atoms with van der Waals surface area (Å²) in [6.07, 6.45) is 1.54. The number of anilines is 1. The fourth-order valence-electron chi connectivity index (χ4n) is 2.51. The highest BCUT2D eigenvalue weighted by atomic mass is 32.1. The Morgan fingerprint density at radius 3 is 2.89 bits per heavy atom. The lowest BCUT2D eigenvalue weighted by molar-refractivity contribution is -0.136. The molecule has 0 saturated heterocycles. The second kappa shape index (κ2) is 7.97. The van der Waals surface area contributed by atoms with Crippen molar-refractivity contribution in [3.8, 4) is 17.6 Å². The van der Waals surface area contributed by atoms with Crippen LogP contribution in [-0.2, 0) is 16.1 Å². The predicted octanol–water partition coefficient (Wildman–Crippen LogP) is 0.746. The second-order valence-corrected chi connectivity index (χ2v) is 6.42. The first-order valence-electron chi connectivity index (χ1n) is 8.26. The predicted molar refractivity (Wildman–Crippen MR) is 99.8 cm³/mol. The molecule has 0 bridgehead atoms. The largest absolute Gasteiger partial charge is 0.462 e. The highest BCUT2D eigenvalue weighted by Gasteiger charge is 2.16. The van der Waals surface area contributed by atoms with E-state index in [0.29, 0.717) is 28.3 Å². The van der Waals surface area contributed by atoms with Gasteiger partial charge in [0.2, 0.25) is 6.79 Å². The lowest BCUT2D eigenvalue weighted by Gasteiger charge is -2.01. The maximum absolute atomic E-state index is 12.6. The Balaban J connectivity index is 2.03. The molecule has 1 aromatic carbocycles. The van der Waals surface area contributed by atoms with Crippen LogP contribution in [0.1, 0.15) is 13.8 Å². The monoisotopic (exact) mass is 387 g/mol. The minimum atomic E-state index is -0.737. The SMILES string of the molecule is CCOC(=O)C(C#N)=c1sc(=CNc2ccc3c(c2)OCO3)c(=O)n1CC. The highest BCUT2D eigenvalue weighted by Crippen LogP contribution is 2.34. The molecular weight excluding hydrogens is 370 g/mol. The summed E-state index contributed by atoms with van der Waals surface area (Å²) in [5, 5.41) is 12.4. The number of hydrogen-bond acceptors (Lipinski definition) is 8. The van der Waals surface area contributed by atoms with E-state index in [9.17, 15) is 14.9 Å². The number of fused-ring (bicyclic) bond motifs is 1. The third-order valence-electron chi connectivity index (χ3n) is 3.77. The third-order valence-corrected chi connectivity index (χ3v) is 4.90. The van der Waals surface area contributed by atoms with Gasteiger partial charge in [-0.15, -0.1) is 11.3 Å². The molecule has 0 radical (unpaired) electrons. The Bertz CT molecular complexity index is 1090. The Morgan fingerprint density at radius 2 is 2.19 bits per heavy atom. The number of nitrogens with zero attached hydrogens (tertiary/aromatic N) is 2. The van der Waals surface area contributed by atoms with Crippen LogP contribution in [0.2, 0.25) is 0 Å². The van der Waals surface area contributed by atoms with Gasteiger partial charge in [-0.25, -0.2) is 4.79 Å². The summed E-state index contributed by atoms with van der Waals surface area (Å²) in [5.41, 5.74) is 0.248. The van der Waals surface area contributed by atoms with Crippen molar-refractivity contribution in [2.24, 2.45) is 0 Å². The Labute approximate surface area is 158 Å². The number of thiazole rings is 1.